The maximum Gasteiger partial charge on any atom is 0.326 e. The number of piperidine rings is 1. The molecule has 21 heavy (non-hydrogen) atoms. The van der Waals surface area contributed by atoms with Crippen molar-refractivity contribution in [3.05, 3.63) is 24.0 Å². The zero-order chi connectivity index (χ0) is 15.0. The van der Waals surface area contributed by atoms with Crippen molar-refractivity contribution in [2.75, 3.05) is 11.4 Å². The number of rotatable bonds is 3. The van der Waals surface area contributed by atoms with Gasteiger partial charge in [-0.3, -0.25) is 0 Å². The number of pyridine rings is 1. The second-order valence-corrected chi connectivity index (χ2v) is 5.77. The second-order valence-electron chi connectivity index (χ2n) is 5.77. The van der Waals surface area contributed by atoms with Crippen LogP contribution in [0.3, 0.4) is 0 Å². The number of aromatic nitrogens is 3. The standard InChI is InChI=1S/C15H20N4O2/c1-3-11-4-5-18(12(8-11)15(20)21)14-7-10(2)6-13-16-9-17-19(13)14/h6-7,9,11-12H,3-5,8H2,1-2H3,(H,20,21). The van der Waals surface area contributed by atoms with Crippen LogP contribution in [-0.4, -0.2) is 38.3 Å². The third-order valence-corrected chi connectivity index (χ3v) is 4.37. The average Bonchev–Trinajstić information content (AvgIpc) is 2.93. The smallest absolute Gasteiger partial charge is 0.326 e. The summed E-state index contributed by atoms with van der Waals surface area (Å²) in [6.45, 7) is 4.86. The first-order chi connectivity index (χ1) is 10.1. The molecule has 0 amide bonds. The van der Waals surface area contributed by atoms with Crippen LogP contribution >= 0.6 is 0 Å². The number of hydrogen-bond donors (Lipinski definition) is 1. The van der Waals surface area contributed by atoms with E-state index in [1.165, 1.54) is 6.33 Å². The molecule has 2 aromatic heterocycles. The summed E-state index contributed by atoms with van der Waals surface area (Å²) in [7, 11) is 0. The van der Waals surface area contributed by atoms with Crippen LogP contribution in [0.4, 0.5) is 5.82 Å². The monoisotopic (exact) mass is 288 g/mol. The fourth-order valence-electron chi connectivity index (χ4n) is 3.16. The van der Waals surface area contributed by atoms with Gasteiger partial charge in [-0.05, 0) is 43.4 Å². The molecule has 112 valence electrons. The second kappa shape index (κ2) is 5.35. The van der Waals surface area contributed by atoms with Gasteiger partial charge in [-0.1, -0.05) is 13.3 Å². The molecule has 2 aromatic rings. The number of carboxylic acids is 1. The molecule has 1 aliphatic rings. The van der Waals surface area contributed by atoms with Gasteiger partial charge < -0.3 is 10.0 Å². The molecule has 0 aliphatic carbocycles. The van der Waals surface area contributed by atoms with Gasteiger partial charge in [0.25, 0.3) is 0 Å². The average molecular weight is 288 g/mol. The summed E-state index contributed by atoms with van der Waals surface area (Å²) in [6.07, 6.45) is 4.25. The van der Waals surface area contributed by atoms with E-state index in [4.69, 9.17) is 0 Å². The predicted octanol–water partition coefficient (Wildman–Crippen LogP) is 2.12. The Bertz CT molecular complexity index is 667. The van der Waals surface area contributed by atoms with Gasteiger partial charge in [0.15, 0.2) is 5.65 Å². The fraction of sp³-hybridized carbons (Fsp3) is 0.533. The number of fused-ring (bicyclic) bond motifs is 1. The van der Waals surface area contributed by atoms with Gasteiger partial charge in [-0.15, -0.1) is 0 Å². The van der Waals surface area contributed by atoms with Crippen molar-refractivity contribution in [1.82, 2.24) is 14.6 Å². The maximum atomic E-state index is 11.7. The highest BCUT2D eigenvalue weighted by Gasteiger charge is 2.34. The van der Waals surface area contributed by atoms with Crippen LogP contribution in [0.2, 0.25) is 0 Å². The lowest BCUT2D eigenvalue weighted by atomic mass is 9.89. The summed E-state index contributed by atoms with van der Waals surface area (Å²) in [5.74, 6) is 0.547. The van der Waals surface area contributed by atoms with E-state index >= 15 is 0 Å². The number of carbonyl (C=O) groups is 1. The Kier molecular flexibility index (Phi) is 3.53. The van der Waals surface area contributed by atoms with Crippen molar-refractivity contribution < 1.29 is 9.90 Å². The molecular weight excluding hydrogens is 268 g/mol. The molecule has 0 spiro atoms. The van der Waals surface area contributed by atoms with Crippen molar-refractivity contribution in [2.45, 2.75) is 39.2 Å². The summed E-state index contributed by atoms with van der Waals surface area (Å²) in [5.41, 5.74) is 1.82. The SMILES string of the molecule is CCC1CCN(c2cc(C)cc3ncnn23)C(C(=O)O)C1. The minimum absolute atomic E-state index is 0.485. The van der Waals surface area contributed by atoms with Crippen LogP contribution in [0, 0.1) is 12.8 Å². The minimum Gasteiger partial charge on any atom is -0.480 e. The van der Waals surface area contributed by atoms with Crippen LogP contribution in [0.1, 0.15) is 31.7 Å². The Morgan fingerprint density at radius 2 is 2.29 bits per heavy atom. The highest BCUT2D eigenvalue weighted by molar-refractivity contribution is 5.78. The van der Waals surface area contributed by atoms with E-state index in [0.29, 0.717) is 12.3 Å². The van der Waals surface area contributed by atoms with E-state index in [1.54, 1.807) is 4.52 Å². The normalized spacial score (nSPS) is 22.7. The van der Waals surface area contributed by atoms with Crippen LogP contribution < -0.4 is 4.90 Å². The Balaban J connectivity index is 2.03. The third-order valence-electron chi connectivity index (χ3n) is 4.37. The topological polar surface area (TPSA) is 70.7 Å². The van der Waals surface area contributed by atoms with Gasteiger partial charge in [0, 0.05) is 6.54 Å². The fourth-order valence-corrected chi connectivity index (χ4v) is 3.16. The number of anilines is 1. The van der Waals surface area contributed by atoms with Crippen molar-refractivity contribution >= 4 is 17.4 Å². The lowest BCUT2D eigenvalue weighted by Crippen LogP contribution is -2.48. The Labute approximate surface area is 123 Å². The molecule has 1 saturated heterocycles. The Morgan fingerprint density at radius 1 is 1.48 bits per heavy atom. The molecule has 3 rings (SSSR count). The molecular formula is C15H20N4O2. The maximum absolute atomic E-state index is 11.7. The van der Waals surface area contributed by atoms with Crippen molar-refractivity contribution in [2.24, 2.45) is 5.92 Å². The van der Waals surface area contributed by atoms with Gasteiger partial charge in [-0.25, -0.2) is 9.78 Å². The molecule has 3 heterocycles. The van der Waals surface area contributed by atoms with Crippen molar-refractivity contribution in [3.63, 3.8) is 0 Å². The number of aryl methyl sites for hydroxylation is 1. The van der Waals surface area contributed by atoms with Crippen LogP contribution in [-0.2, 0) is 4.79 Å². The summed E-state index contributed by atoms with van der Waals surface area (Å²) in [4.78, 5) is 17.8. The predicted molar refractivity (Wildman–Crippen MR) is 79.5 cm³/mol. The molecule has 1 fully saturated rings. The molecule has 2 atom stereocenters. The van der Waals surface area contributed by atoms with E-state index in [0.717, 1.165) is 36.4 Å². The van der Waals surface area contributed by atoms with Crippen molar-refractivity contribution in [1.29, 1.82) is 0 Å². The van der Waals surface area contributed by atoms with Gasteiger partial charge in [0.05, 0.1) is 0 Å². The highest BCUT2D eigenvalue weighted by atomic mass is 16.4. The molecule has 0 bridgehead atoms. The molecule has 6 heteroatoms. The zero-order valence-corrected chi connectivity index (χ0v) is 12.4. The lowest BCUT2D eigenvalue weighted by Gasteiger charge is -2.38. The molecule has 6 nitrogen and oxygen atoms in total. The largest absolute Gasteiger partial charge is 0.480 e. The quantitative estimate of drug-likeness (QED) is 0.936. The van der Waals surface area contributed by atoms with Crippen LogP contribution in [0.25, 0.3) is 5.65 Å². The Morgan fingerprint density at radius 3 is 3.00 bits per heavy atom. The number of hydrogen-bond acceptors (Lipinski definition) is 4. The van der Waals surface area contributed by atoms with Gasteiger partial charge in [0.1, 0.15) is 18.2 Å². The first-order valence-corrected chi connectivity index (χ1v) is 7.40. The van der Waals surface area contributed by atoms with E-state index in [9.17, 15) is 9.90 Å². The summed E-state index contributed by atoms with van der Waals surface area (Å²) in [5, 5.41) is 13.8. The summed E-state index contributed by atoms with van der Waals surface area (Å²) < 4.78 is 1.73. The summed E-state index contributed by atoms with van der Waals surface area (Å²) in [6, 6.07) is 3.45. The number of nitrogens with zero attached hydrogens (tertiary/aromatic N) is 4. The molecule has 0 aromatic carbocycles. The molecule has 0 saturated carbocycles. The highest BCUT2D eigenvalue weighted by Crippen LogP contribution is 2.30. The van der Waals surface area contributed by atoms with E-state index in [2.05, 4.69) is 17.0 Å². The van der Waals surface area contributed by atoms with Gasteiger partial charge in [0.2, 0.25) is 0 Å². The van der Waals surface area contributed by atoms with E-state index in [1.807, 2.05) is 24.0 Å². The summed E-state index contributed by atoms with van der Waals surface area (Å²) >= 11 is 0. The van der Waals surface area contributed by atoms with E-state index < -0.39 is 12.0 Å². The Hall–Kier alpha value is -2.11. The lowest BCUT2D eigenvalue weighted by molar-refractivity contribution is -0.139. The van der Waals surface area contributed by atoms with Crippen LogP contribution in [0.15, 0.2) is 18.5 Å². The first kappa shape index (κ1) is 13.9. The molecule has 2 unspecified atom stereocenters. The zero-order valence-electron chi connectivity index (χ0n) is 12.4. The molecule has 1 aliphatic heterocycles. The minimum atomic E-state index is -0.761. The molecule has 1 N–H and O–H groups in total. The first-order valence-electron chi connectivity index (χ1n) is 7.40. The van der Waals surface area contributed by atoms with Crippen LogP contribution in [0.5, 0.6) is 0 Å². The van der Waals surface area contributed by atoms with Gasteiger partial charge >= 0.3 is 5.97 Å². The number of carboxylic acid groups (broad SMARTS) is 1. The van der Waals surface area contributed by atoms with E-state index in [-0.39, 0.29) is 0 Å². The third kappa shape index (κ3) is 2.46. The number of aliphatic carboxylic acids is 1. The molecule has 0 radical (unpaired) electrons. The van der Waals surface area contributed by atoms with Gasteiger partial charge in [-0.2, -0.15) is 9.61 Å². The van der Waals surface area contributed by atoms with Crippen molar-refractivity contribution in [3.8, 4) is 0 Å².